The van der Waals surface area contributed by atoms with E-state index < -0.39 is 6.04 Å². The Bertz CT molecular complexity index is 1140. The largest absolute Gasteiger partial charge is 0.351 e. The van der Waals surface area contributed by atoms with E-state index >= 15 is 0 Å². The van der Waals surface area contributed by atoms with Crippen LogP contribution in [0.15, 0.2) is 66.3 Å². The zero-order valence-electron chi connectivity index (χ0n) is 19.8. The quantitative estimate of drug-likeness (QED) is 0.490. The van der Waals surface area contributed by atoms with Crippen LogP contribution >= 0.6 is 11.3 Å². The van der Waals surface area contributed by atoms with Crippen molar-refractivity contribution in [1.29, 1.82) is 0 Å². The number of aryl methyl sites for hydroxylation is 1. The summed E-state index contributed by atoms with van der Waals surface area (Å²) in [5.74, 6) is -0.923. The summed E-state index contributed by atoms with van der Waals surface area (Å²) in [5.41, 5.74) is 2.22. The topological polar surface area (TPSA) is 91.4 Å². The predicted molar refractivity (Wildman–Crippen MR) is 137 cm³/mol. The first kappa shape index (κ1) is 24.6. The third-order valence-corrected chi connectivity index (χ3v) is 7.04. The molecule has 0 bridgehead atoms. The predicted octanol–water partition coefficient (Wildman–Crippen LogP) is 4.40. The summed E-state index contributed by atoms with van der Waals surface area (Å²) < 4.78 is 0. The number of hydrogen-bond donors (Lipinski definition) is 2. The number of nitrogens with one attached hydrogen (secondary N) is 2. The molecule has 1 aliphatic rings. The molecular formula is C27H30N4O3S. The minimum Gasteiger partial charge on any atom is -0.351 e. The number of carbonyl (C=O) groups is 3. The first-order valence-electron chi connectivity index (χ1n) is 11.9. The van der Waals surface area contributed by atoms with Gasteiger partial charge in [-0.25, -0.2) is 0 Å². The summed E-state index contributed by atoms with van der Waals surface area (Å²) in [6.07, 6.45) is 8.45. The highest BCUT2D eigenvalue weighted by Crippen LogP contribution is 2.29. The van der Waals surface area contributed by atoms with Gasteiger partial charge in [-0.15, -0.1) is 11.3 Å². The summed E-state index contributed by atoms with van der Waals surface area (Å²) in [6.45, 7) is 1.71. The van der Waals surface area contributed by atoms with E-state index in [2.05, 4.69) is 15.6 Å². The van der Waals surface area contributed by atoms with Crippen LogP contribution in [0.25, 0.3) is 0 Å². The molecule has 182 valence electrons. The lowest BCUT2D eigenvalue weighted by Crippen LogP contribution is -2.49. The molecular weight excluding hydrogens is 460 g/mol. The van der Waals surface area contributed by atoms with Gasteiger partial charge in [-0.1, -0.05) is 37.5 Å². The van der Waals surface area contributed by atoms with E-state index in [0.29, 0.717) is 16.1 Å². The molecule has 8 heteroatoms. The van der Waals surface area contributed by atoms with Gasteiger partial charge in [-0.2, -0.15) is 0 Å². The zero-order valence-corrected chi connectivity index (χ0v) is 20.6. The van der Waals surface area contributed by atoms with Crippen molar-refractivity contribution in [2.45, 2.75) is 51.1 Å². The molecule has 3 amide bonds. The second-order valence-electron chi connectivity index (χ2n) is 8.79. The number of benzene rings is 1. The molecule has 3 aromatic rings. The van der Waals surface area contributed by atoms with Gasteiger partial charge in [0.05, 0.1) is 11.4 Å². The Balaban J connectivity index is 1.66. The molecule has 0 saturated heterocycles. The molecule has 2 heterocycles. The van der Waals surface area contributed by atoms with Gasteiger partial charge in [-0.05, 0) is 66.6 Å². The number of thiophene rings is 1. The Hall–Kier alpha value is -3.52. The Morgan fingerprint density at radius 2 is 1.83 bits per heavy atom. The summed E-state index contributed by atoms with van der Waals surface area (Å²) in [5, 5.41) is 7.71. The molecule has 0 spiro atoms. The summed E-state index contributed by atoms with van der Waals surface area (Å²) in [7, 11) is 0. The van der Waals surface area contributed by atoms with Crippen LogP contribution in [0.5, 0.6) is 0 Å². The number of anilines is 1. The highest BCUT2D eigenvalue weighted by molar-refractivity contribution is 7.12. The fraction of sp³-hybridized carbons (Fsp3) is 0.333. The van der Waals surface area contributed by atoms with E-state index in [0.717, 1.165) is 31.2 Å². The minimum absolute atomic E-state index is 0.0913. The van der Waals surface area contributed by atoms with Crippen LogP contribution in [-0.2, 0) is 9.59 Å². The van der Waals surface area contributed by atoms with Gasteiger partial charge in [0, 0.05) is 24.1 Å². The number of hydrogen-bond acceptors (Lipinski definition) is 5. The average molecular weight is 491 g/mol. The fourth-order valence-electron chi connectivity index (χ4n) is 4.44. The summed E-state index contributed by atoms with van der Waals surface area (Å²) >= 11 is 1.31. The first-order valence-corrected chi connectivity index (χ1v) is 12.8. The molecule has 1 aromatic carbocycles. The second kappa shape index (κ2) is 11.8. The lowest BCUT2D eigenvalue weighted by molar-refractivity contribution is -0.127. The maximum Gasteiger partial charge on any atom is 0.261 e. The normalized spacial score (nSPS) is 14.7. The highest BCUT2D eigenvalue weighted by atomic mass is 32.1. The monoisotopic (exact) mass is 490 g/mol. The van der Waals surface area contributed by atoms with Gasteiger partial charge in [0.2, 0.25) is 11.8 Å². The highest BCUT2D eigenvalue weighted by Gasteiger charge is 2.34. The standard InChI is InChI=1S/C27H30N4O3S/c1-19-7-5-10-22(17-19)31(24(32)18-29-26(33)23-11-6-16-35-23)25(20-12-14-28-15-13-20)27(34)30-21-8-3-2-4-9-21/h5-7,10-17,21,25H,2-4,8-9,18H2,1H3,(H,29,33)(H,30,34)/t25-/m1/s1. The van der Waals surface area contributed by atoms with E-state index in [9.17, 15) is 14.4 Å². The van der Waals surface area contributed by atoms with E-state index in [1.54, 1.807) is 36.7 Å². The van der Waals surface area contributed by atoms with Crippen LogP contribution in [0.2, 0.25) is 0 Å². The molecule has 0 aliphatic heterocycles. The van der Waals surface area contributed by atoms with Crippen molar-refractivity contribution in [2.24, 2.45) is 0 Å². The van der Waals surface area contributed by atoms with Crippen molar-refractivity contribution in [3.63, 3.8) is 0 Å². The van der Waals surface area contributed by atoms with Crippen molar-refractivity contribution >= 4 is 34.7 Å². The van der Waals surface area contributed by atoms with Gasteiger partial charge >= 0.3 is 0 Å². The van der Waals surface area contributed by atoms with Crippen LogP contribution in [0.3, 0.4) is 0 Å². The van der Waals surface area contributed by atoms with Crippen LogP contribution < -0.4 is 15.5 Å². The number of carbonyl (C=O) groups excluding carboxylic acids is 3. The maximum atomic E-state index is 13.7. The minimum atomic E-state index is -0.895. The number of aromatic nitrogens is 1. The Morgan fingerprint density at radius 1 is 1.06 bits per heavy atom. The van der Waals surface area contributed by atoms with Crippen molar-refractivity contribution in [2.75, 3.05) is 11.4 Å². The van der Waals surface area contributed by atoms with E-state index in [1.807, 2.05) is 36.6 Å². The van der Waals surface area contributed by atoms with Crippen molar-refractivity contribution in [3.8, 4) is 0 Å². The van der Waals surface area contributed by atoms with Gasteiger partial charge < -0.3 is 10.6 Å². The van der Waals surface area contributed by atoms with Crippen LogP contribution in [-0.4, -0.2) is 35.3 Å². The van der Waals surface area contributed by atoms with E-state index in [1.165, 1.54) is 22.7 Å². The molecule has 7 nitrogen and oxygen atoms in total. The SMILES string of the molecule is Cc1cccc(N(C(=O)CNC(=O)c2cccs2)[C@@H](C(=O)NC2CCCCC2)c2ccncc2)c1. The lowest BCUT2D eigenvalue weighted by atomic mass is 9.94. The van der Waals surface area contributed by atoms with E-state index in [-0.39, 0.29) is 30.3 Å². The number of amides is 3. The van der Waals surface area contributed by atoms with Crippen molar-refractivity contribution in [3.05, 3.63) is 82.3 Å². The van der Waals surface area contributed by atoms with E-state index in [4.69, 9.17) is 0 Å². The first-order chi connectivity index (χ1) is 17.0. The molecule has 0 unspecified atom stereocenters. The maximum absolute atomic E-state index is 13.7. The smallest absolute Gasteiger partial charge is 0.261 e. The molecule has 35 heavy (non-hydrogen) atoms. The number of nitrogens with zero attached hydrogens (tertiary/aromatic N) is 2. The van der Waals surface area contributed by atoms with Crippen molar-refractivity contribution < 1.29 is 14.4 Å². The molecule has 1 saturated carbocycles. The van der Waals surface area contributed by atoms with Gasteiger partial charge in [0.1, 0.15) is 6.04 Å². The van der Waals surface area contributed by atoms with Crippen molar-refractivity contribution in [1.82, 2.24) is 15.6 Å². The van der Waals surface area contributed by atoms with Gasteiger partial charge in [0.25, 0.3) is 5.91 Å². The van der Waals surface area contributed by atoms with Crippen LogP contribution in [0.4, 0.5) is 5.69 Å². The van der Waals surface area contributed by atoms with Crippen LogP contribution in [0, 0.1) is 6.92 Å². The number of pyridine rings is 1. The van der Waals surface area contributed by atoms with Gasteiger partial charge in [0.15, 0.2) is 0 Å². The Kier molecular flexibility index (Phi) is 8.26. The molecule has 0 radical (unpaired) electrons. The fourth-order valence-corrected chi connectivity index (χ4v) is 5.08. The zero-order chi connectivity index (χ0) is 24.6. The Labute approximate surface area is 209 Å². The average Bonchev–Trinajstić information content (AvgIpc) is 3.42. The summed E-state index contributed by atoms with van der Waals surface area (Å²) in [6, 6.07) is 13.7. The molecule has 4 rings (SSSR count). The summed E-state index contributed by atoms with van der Waals surface area (Å²) in [4.78, 5) is 46.0. The second-order valence-corrected chi connectivity index (χ2v) is 9.74. The van der Waals surface area contributed by atoms with Crippen LogP contribution in [0.1, 0.15) is 58.9 Å². The molecule has 2 N–H and O–H groups in total. The molecule has 1 atom stereocenters. The Morgan fingerprint density at radius 3 is 2.51 bits per heavy atom. The third-order valence-electron chi connectivity index (χ3n) is 6.17. The molecule has 2 aromatic heterocycles. The number of rotatable bonds is 8. The lowest BCUT2D eigenvalue weighted by Gasteiger charge is -2.33. The molecule has 1 fully saturated rings. The molecule has 1 aliphatic carbocycles. The third kappa shape index (κ3) is 6.33. The van der Waals surface area contributed by atoms with Gasteiger partial charge in [-0.3, -0.25) is 24.3 Å².